The summed E-state index contributed by atoms with van der Waals surface area (Å²) in [7, 11) is 0. The van der Waals surface area contributed by atoms with Crippen LogP contribution in [0.4, 0.5) is 0 Å². The van der Waals surface area contributed by atoms with Gasteiger partial charge in [0.1, 0.15) is 4.83 Å². The van der Waals surface area contributed by atoms with E-state index in [0.29, 0.717) is 10.7 Å². The molecule has 0 aliphatic heterocycles. The number of Topliss-reactive ketones (excluding diaryl/α,β-unsaturated/α-hetero) is 1. The van der Waals surface area contributed by atoms with E-state index in [4.69, 9.17) is 4.98 Å². The zero-order chi connectivity index (χ0) is 23.2. The molecular formula is C27H23N3O2S2. The van der Waals surface area contributed by atoms with Crippen LogP contribution in [-0.4, -0.2) is 26.1 Å². The third kappa shape index (κ3) is 3.51. The molecular weight excluding hydrogens is 462 g/mol. The molecule has 1 aliphatic carbocycles. The second kappa shape index (κ2) is 8.56. The molecule has 6 rings (SSSR count). The SMILES string of the molecule is Cc1[nH]c2ccccc2c1C(=O)CSc1nc2sc3c(c2c(=O)n1-c1ccccc1)CCCC3. The van der Waals surface area contributed by atoms with Crippen LogP contribution < -0.4 is 5.56 Å². The van der Waals surface area contributed by atoms with Crippen molar-refractivity contribution < 1.29 is 4.79 Å². The standard InChI is InChI=1S/C27H23N3O2S2/c1-16-23(18-11-5-7-13-20(18)28-16)21(31)15-33-27-29-25-24(19-12-6-8-14-22(19)34-25)26(32)30(27)17-9-3-2-4-10-17/h2-5,7,9-11,13,28H,6,8,12,14-15H2,1H3. The van der Waals surface area contributed by atoms with E-state index in [-0.39, 0.29) is 17.1 Å². The van der Waals surface area contributed by atoms with Crippen LogP contribution in [0, 0.1) is 6.92 Å². The average molecular weight is 486 g/mol. The van der Waals surface area contributed by atoms with Gasteiger partial charge in [-0.15, -0.1) is 11.3 Å². The predicted molar refractivity (Wildman–Crippen MR) is 140 cm³/mol. The minimum Gasteiger partial charge on any atom is -0.358 e. The molecule has 5 aromatic rings. The number of hydrogen-bond donors (Lipinski definition) is 1. The smallest absolute Gasteiger partial charge is 0.267 e. The molecule has 0 saturated carbocycles. The van der Waals surface area contributed by atoms with Gasteiger partial charge in [0.2, 0.25) is 0 Å². The Labute approximate surface area is 204 Å². The molecule has 0 amide bonds. The molecule has 0 atom stereocenters. The molecule has 170 valence electrons. The van der Waals surface area contributed by atoms with Crippen LogP contribution in [0.1, 0.15) is 39.3 Å². The van der Waals surface area contributed by atoms with Crippen LogP contribution in [0.25, 0.3) is 26.8 Å². The lowest BCUT2D eigenvalue weighted by Gasteiger charge is -2.13. The summed E-state index contributed by atoms with van der Waals surface area (Å²) < 4.78 is 1.68. The highest BCUT2D eigenvalue weighted by Crippen LogP contribution is 2.35. The number of aromatic nitrogens is 3. The Morgan fingerprint density at radius 3 is 2.71 bits per heavy atom. The summed E-state index contributed by atoms with van der Waals surface area (Å²) >= 11 is 2.98. The van der Waals surface area contributed by atoms with Crippen LogP contribution >= 0.6 is 23.1 Å². The van der Waals surface area contributed by atoms with Crippen molar-refractivity contribution in [2.75, 3.05) is 5.75 Å². The Bertz CT molecular complexity index is 1610. The molecule has 0 bridgehead atoms. The second-order valence-electron chi connectivity index (χ2n) is 8.64. The number of thioether (sulfide) groups is 1. The highest BCUT2D eigenvalue weighted by atomic mass is 32.2. The lowest BCUT2D eigenvalue weighted by Crippen LogP contribution is -2.22. The largest absolute Gasteiger partial charge is 0.358 e. The van der Waals surface area contributed by atoms with E-state index < -0.39 is 0 Å². The number of carbonyl (C=O) groups excluding carboxylic acids is 1. The summed E-state index contributed by atoms with van der Waals surface area (Å²) in [4.78, 5) is 37.5. The number of aromatic amines is 1. The Hall–Kier alpha value is -3.16. The number of thiophene rings is 1. The van der Waals surface area contributed by atoms with E-state index in [0.717, 1.165) is 58.2 Å². The van der Waals surface area contributed by atoms with Crippen molar-refractivity contribution in [3.8, 4) is 5.69 Å². The first-order valence-electron chi connectivity index (χ1n) is 11.5. The fraction of sp³-hybridized carbons (Fsp3) is 0.222. The summed E-state index contributed by atoms with van der Waals surface area (Å²) in [6.07, 6.45) is 4.22. The van der Waals surface area contributed by atoms with E-state index in [1.54, 1.807) is 15.9 Å². The zero-order valence-electron chi connectivity index (χ0n) is 18.8. The summed E-state index contributed by atoms with van der Waals surface area (Å²) in [6.45, 7) is 1.93. The number of ketones is 1. The van der Waals surface area contributed by atoms with Crippen molar-refractivity contribution in [1.29, 1.82) is 0 Å². The molecule has 0 unspecified atom stereocenters. The Kier molecular flexibility index (Phi) is 5.38. The quantitative estimate of drug-likeness (QED) is 0.186. The van der Waals surface area contributed by atoms with Gasteiger partial charge < -0.3 is 4.98 Å². The van der Waals surface area contributed by atoms with Crippen molar-refractivity contribution >= 4 is 50.0 Å². The molecule has 7 heteroatoms. The average Bonchev–Trinajstić information content (AvgIpc) is 3.39. The number of fused-ring (bicyclic) bond motifs is 4. The number of aryl methyl sites for hydroxylation is 3. The number of nitrogens with zero attached hydrogens (tertiary/aromatic N) is 2. The topological polar surface area (TPSA) is 67.8 Å². The van der Waals surface area contributed by atoms with Gasteiger partial charge in [-0.05, 0) is 56.4 Å². The minimum atomic E-state index is -0.0335. The van der Waals surface area contributed by atoms with Gasteiger partial charge in [0.25, 0.3) is 5.56 Å². The van der Waals surface area contributed by atoms with Gasteiger partial charge in [-0.25, -0.2) is 4.98 Å². The summed E-state index contributed by atoms with van der Waals surface area (Å²) in [5, 5.41) is 2.25. The Morgan fingerprint density at radius 1 is 1.09 bits per heavy atom. The van der Waals surface area contributed by atoms with E-state index in [1.807, 2.05) is 61.5 Å². The van der Waals surface area contributed by atoms with Crippen LogP contribution in [-0.2, 0) is 12.8 Å². The van der Waals surface area contributed by atoms with Crippen molar-refractivity contribution in [3.63, 3.8) is 0 Å². The first kappa shape index (κ1) is 21.4. The lowest BCUT2D eigenvalue weighted by atomic mass is 9.97. The third-order valence-electron chi connectivity index (χ3n) is 6.48. The summed E-state index contributed by atoms with van der Waals surface area (Å²) in [5.41, 5.74) is 4.45. The molecule has 1 N–H and O–H groups in total. The number of rotatable bonds is 5. The molecule has 3 heterocycles. The molecule has 0 saturated heterocycles. The zero-order valence-corrected chi connectivity index (χ0v) is 20.4. The van der Waals surface area contributed by atoms with Gasteiger partial charge in [-0.1, -0.05) is 48.2 Å². The van der Waals surface area contributed by atoms with Gasteiger partial charge in [0.05, 0.1) is 16.8 Å². The fourth-order valence-corrected chi connectivity index (χ4v) is 7.11. The number of hydrogen-bond acceptors (Lipinski definition) is 5. The van der Waals surface area contributed by atoms with E-state index >= 15 is 0 Å². The molecule has 5 nitrogen and oxygen atoms in total. The van der Waals surface area contributed by atoms with Gasteiger partial charge in [-0.2, -0.15) is 0 Å². The van der Waals surface area contributed by atoms with Crippen molar-refractivity contribution in [1.82, 2.24) is 14.5 Å². The first-order chi connectivity index (χ1) is 16.6. The summed E-state index contributed by atoms with van der Waals surface area (Å²) in [5.74, 6) is 0.234. The third-order valence-corrected chi connectivity index (χ3v) is 8.60. The van der Waals surface area contributed by atoms with E-state index in [1.165, 1.54) is 22.2 Å². The molecule has 0 spiro atoms. The van der Waals surface area contributed by atoms with Crippen LogP contribution in [0.5, 0.6) is 0 Å². The van der Waals surface area contributed by atoms with Crippen molar-refractivity contribution in [2.24, 2.45) is 0 Å². The Balaban J connectivity index is 1.44. The fourth-order valence-electron chi connectivity index (χ4n) is 4.93. The summed E-state index contributed by atoms with van der Waals surface area (Å²) in [6, 6.07) is 17.5. The van der Waals surface area contributed by atoms with Gasteiger partial charge in [0, 0.05) is 27.0 Å². The van der Waals surface area contributed by atoms with Gasteiger partial charge >= 0.3 is 0 Å². The lowest BCUT2D eigenvalue weighted by molar-refractivity contribution is 0.102. The van der Waals surface area contributed by atoms with Crippen molar-refractivity contribution in [3.05, 3.63) is 86.6 Å². The number of carbonyl (C=O) groups is 1. The molecule has 0 radical (unpaired) electrons. The number of H-pyrrole nitrogens is 1. The Morgan fingerprint density at radius 2 is 1.85 bits per heavy atom. The maximum atomic E-state index is 13.8. The van der Waals surface area contributed by atoms with Crippen LogP contribution in [0.2, 0.25) is 0 Å². The number of nitrogens with one attached hydrogen (secondary N) is 1. The van der Waals surface area contributed by atoms with Crippen molar-refractivity contribution in [2.45, 2.75) is 37.8 Å². The maximum absolute atomic E-state index is 13.8. The molecule has 2 aromatic carbocycles. The number of para-hydroxylation sites is 2. The monoisotopic (exact) mass is 485 g/mol. The molecule has 3 aromatic heterocycles. The second-order valence-corrected chi connectivity index (χ2v) is 10.7. The normalized spacial score (nSPS) is 13.4. The van der Waals surface area contributed by atoms with Crippen LogP contribution in [0.3, 0.4) is 0 Å². The van der Waals surface area contributed by atoms with Gasteiger partial charge in [-0.3, -0.25) is 14.2 Å². The minimum absolute atomic E-state index is 0.0272. The first-order valence-corrected chi connectivity index (χ1v) is 13.3. The molecule has 0 fully saturated rings. The van der Waals surface area contributed by atoms with Gasteiger partial charge in [0.15, 0.2) is 10.9 Å². The van der Waals surface area contributed by atoms with E-state index in [2.05, 4.69) is 4.98 Å². The van der Waals surface area contributed by atoms with Crippen LogP contribution in [0.15, 0.2) is 64.5 Å². The highest BCUT2D eigenvalue weighted by Gasteiger charge is 2.24. The molecule has 1 aliphatic rings. The molecule has 34 heavy (non-hydrogen) atoms. The predicted octanol–water partition coefficient (Wildman–Crippen LogP) is 6.09. The maximum Gasteiger partial charge on any atom is 0.267 e. The number of benzene rings is 2. The van der Waals surface area contributed by atoms with E-state index in [9.17, 15) is 9.59 Å². The highest BCUT2D eigenvalue weighted by molar-refractivity contribution is 7.99.